The molecule has 0 aliphatic carbocycles. The van der Waals surface area contributed by atoms with Crippen LogP contribution in [0.2, 0.25) is 0 Å². The molecular formula is C13H25ClN2O4. The van der Waals surface area contributed by atoms with Crippen molar-refractivity contribution >= 4 is 18.3 Å². The van der Waals surface area contributed by atoms with Gasteiger partial charge in [-0.1, -0.05) is 0 Å². The van der Waals surface area contributed by atoms with E-state index >= 15 is 0 Å². The Labute approximate surface area is 126 Å². The molecule has 2 aliphatic heterocycles. The molecule has 0 spiro atoms. The van der Waals surface area contributed by atoms with E-state index in [0.717, 1.165) is 12.8 Å². The lowest BCUT2D eigenvalue weighted by atomic mass is 9.91. The lowest BCUT2D eigenvalue weighted by Gasteiger charge is -2.36. The molecule has 0 aromatic heterocycles. The molecule has 2 atom stereocenters. The zero-order valence-electron chi connectivity index (χ0n) is 12.0. The first kappa shape index (κ1) is 17.7. The highest BCUT2D eigenvalue weighted by Gasteiger charge is 2.32. The summed E-state index contributed by atoms with van der Waals surface area (Å²) in [5.41, 5.74) is 6.12. The van der Waals surface area contributed by atoms with E-state index < -0.39 is 6.04 Å². The highest BCUT2D eigenvalue weighted by atomic mass is 35.5. The molecule has 0 aromatic rings. The standard InChI is InChI=1S/C13H24N2O4.ClH/c1-17-9-11-8-15(4-7-19-11)13(16)12(14)10-2-5-18-6-3-10;/h10-12H,2-9,14H2,1H3;1H. The second-order valence-electron chi connectivity index (χ2n) is 5.21. The van der Waals surface area contributed by atoms with Crippen molar-refractivity contribution in [3.05, 3.63) is 0 Å². The van der Waals surface area contributed by atoms with E-state index in [4.69, 9.17) is 19.9 Å². The number of halogens is 1. The summed E-state index contributed by atoms with van der Waals surface area (Å²) in [4.78, 5) is 14.2. The monoisotopic (exact) mass is 308 g/mol. The van der Waals surface area contributed by atoms with E-state index in [1.165, 1.54) is 0 Å². The van der Waals surface area contributed by atoms with Crippen LogP contribution in [0.25, 0.3) is 0 Å². The largest absolute Gasteiger partial charge is 0.382 e. The quantitative estimate of drug-likeness (QED) is 0.793. The van der Waals surface area contributed by atoms with Gasteiger partial charge in [0.25, 0.3) is 0 Å². The van der Waals surface area contributed by atoms with E-state index in [9.17, 15) is 4.79 Å². The highest BCUT2D eigenvalue weighted by Crippen LogP contribution is 2.19. The molecule has 2 fully saturated rings. The van der Waals surface area contributed by atoms with Gasteiger partial charge in [-0.15, -0.1) is 12.4 Å². The molecule has 0 aromatic carbocycles. The first-order valence-electron chi connectivity index (χ1n) is 6.95. The van der Waals surface area contributed by atoms with Gasteiger partial charge in [0.15, 0.2) is 0 Å². The van der Waals surface area contributed by atoms with Crippen molar-refractivity contribution < 1.29 is 19.0 Å². The van der Waals surface area contributed by atoms with Crippen LogP contribution < -0.4 is 5.73 Å². The zero-order valence-corrected chi connectivity index (χ0v) is 12.8. The Kier molecular flexibility index (Phi) is 7.76. The summed E-state index contributed by atoms with van der Waals surface area (Å²) in [6.45, 7) is 3.68. The normalized spacial score (nSPS) is 25.9. The van der Waals surface area contributed by atoms with Gasteiger partial charge < -0.3 is 24.8 Å². The Morgan fingerprint density at radius 2 is 2.10 bits per heavy atom. The fourth-order valence-electron chi connectivity index (χ4n) is 2.69. The third-order valence-corrected chi connectivity index (χ3v) is 3.86. The van der Waals surface area contributed by atoms with Gasteiger partial charge in [-0.3, -0.25) is 4.79 Å². The molecule has 0 saturated carbocycles. The van der Waals surface area contributed by atoms with Crippen molar-refractivity contribution in [3.63, 3.8) is 0 Å². The maximum absolute atomic E-state index is 12.4. The second kappa shape index (κ2) is 8.79. The number of morpholine rings is 1. The average Bonchev–Trinajstić information content (AvgIpc) is 2.47. The number of nitrogens with zero attached hydrogens (tertiary/aromatic N) is 1. The summed E-state index contributed by atoms with van der Waals surface area (Å²) in [7, 11) is 1.64. The van der Waals surface area contributed by atoms with Gasteiger partial charge in [0.2, 0.25) is 5.91 Å². The molecule has 1 amide bonds. The van der Waals surface area contributed by atoms with Gasteiger partial charge in [-0.2, -0.15) is 0 Å². The van der Waals surface area contributed by atoms with Gasteiger partial charge in [-0.25, -0.2) is 0 Å². The molecule has 0 bridgehead atoms. The fourth-order valence-corrected chi connectivity index (χ4v) is 2.69. The molecule has 2 aliphatic rings. The lowest BCUT2D eigenvalue weighted by Crippen LogP contribution is -2.54. The smallest absolute Gasteiger partial charge is 0.239 e. The predicted molar refractivity (Wildman–Crippen MR) is 77.0 cm³/mol. The van der Waals surface area contributed by atoms with Crippen LogP contribution >= 0.6 is 12.4 Å². The number of carbonyl (C=O) groups excluding carboxylic acids is 1. The highest BCUT2D eigenvalue weighted by molar-refractivity contribution is 5.85. The van der Waals surface area contributed by atoms with E-state index in [1.807, 2.05) is 4.90 Å². The van der Waals surface area contributed by atoms with Crippen molar-refractivity contribution in [2.45, 2.75) is 25.0 Å². The first-order valence-corrected chi connectivity index (χ1v) is 6.95. The molecule has 2 unspecified atom stereocenters. The molecule has 2 saturated heterocycles. The third kappa shape index (κ3) is 4.56. The van der Waals surface area contributed by atoms with Crippen LogP contribution in [0, 0.1) is 5.92 Å². The Hall–Kier alpha value is -0.400. The van der Waals surface area contributed by atoms with E-state index in [2.05, 4.69) is 0 Å². The Morgan fingerprint density at radius 3 is 2.75 bits per heavy atom. The predicted octanol–water partition coefficient (Wildman–Crippen LogP) is 0.0359. The third-order valence-electron chi connectivity index (χ3n) is 3.86. The number of hydrogen-bond donors (Lipinski definition) is 1. The summed E-state index contributed by atoms with van der Waals surface area (Å²) in [5.74, 6) is 0.279. The van der Waals surface area contributed by atoms with Gasteiger partial charge >= 0.3 is 0 Å². The summed E-state index contributed by atoms with van der Waals surface area (Å²) in [5, 5.41) is 0. The molecular weight excluding hydrogens is 284 g/mol. The van der Waals surface area contributed by atoms with Crippen molar-refractivity contribution in [2.24, 2.45) is 11.7 Å². The number of carbonyl (C=O) groups is 1. The minimum atomic E-state index is -0.412. The molecule has 2 heterocycles. The van der Waals surface area contributed by atoms with Gasteiger partial charge in [-0.05, 0) is 18.8 Å². The molecule has 7 heteroatoms. The van der Waals surface area contributed by atoms with E-state index in [1.54, 1.807) is 7.11 Å². The van der Waals surface area contributed by atoms with E-state index in [-0.39, 0.29) is 30.3 Å². The average molecular weight is 309 g/mol. The van der Waals surface area contributed by atoms with Gasteiger partial charge in [0.1, 0.15) is 0 Å². The van der Waals surface area contributed by atoms with Crippen molar-refractivity contribution in [2.75, 3.05) is 46.6 Å². The number of rotatable bonds is 4. The van der Waals surface area contributed by atoms with E-state index in [0.29, 0.717) is 39.5 Å². The summed E-state index contributed by atoms with van der Waals surface area (Å²) >= 11 is 0. The van der Waals surface area contributed by atoms with Crippen molar-refractivity contribution in [3.8, 4) is 0 Å². The minimum Gasteiger partial charge on any atom is -0.382 e. The summed E-state index contributed by atoms with van der Waals surface area (Å²) < 4.78 is 15.9. The summed E-state index contributed by atoms with van der Waals surface area (Å²) in [6.07, 6.45) is 1.71. The Balaban J connectivity index is 0.00000200. The molecule has 0 radical (unpaired) electrons. The maximum Gasteiger partial charge on any atom is 0.239 e. The Morgan fingerprint density at radius 1 is 1.40 bits per heavy atom. The lowest BCUT2D eigenvalue weighted by molar-refractivity contribution is -0.144. The minimum absolute atomic E-state index is 0. The molecule has 2 N–H and O–H groups in total. The fraction of sp³-hybridized carbons (Fsp3) is 0.923. The van der Waals surface area contributed by atoms with Crippen molar-refractivity contribution in [1.82, 2.24) is 4.90 Å². The summed E-state index contributed by atoms with van der Waals surface area (Å²) in [6, 6.07) is -0.412. The molecule has 20 heavy (non-hydrogen) atoms. The van der Waals surface area contributed by atoms with Gasteiger partial charge in [0, 0.05) is 33.4 Å². The zero-order chi connectivity index (χ0) is 13.7. The second-order valence-corrected chi connectivity index (χ2v) is 5.21. The van der Waals surface area contributed by atoms with Crippen molar-refractivity contribution in [1.29, 1.82) is 0 Å². The number of ether oxygens (including phenoxy) is 3. The SMILES string of the molecule is COCC1CN(C(=O)C(N)C2CCOCC2)CCO1.Cl. The Bertz CT molecular complexity index is 298. The van der Waals surface area contributed by atoms with Crippen LogP contribution in [0.4, 0.5) is 0 Å². The van der Waals surface area contributed by atoms with Crippen LogP contribution in [-0.4, -0.2) is 69.6 Å². The molecule has 6 nitrogen and oxygen atoms in total. The van der Waals surface area contributed by atoms with Crippen LogP contribution in [0.3, 0.4) is 0 Å². The molecule has 2 rings (SSSR count). The first-order chi connectivity index (χ1) is 9.22. The maximum atomic E-state index is 12.4. The molecule has 118 valence electrons. The van der Waals surface area contributed by atoms with Crippen LogP contribution in [0.1, 0.15) is 12.8 Å². The number of amides is 1. The van der Waals surface area contributed by atoms with Crippen LogP contribution in [0.15, 0.2) is 0 Å². The topological polar surface area (TPSA) is 74.0 Å². The van der Waals surface area contributed by atoms with Gasteiger partial charge in [0.05, 0.1) is 25.4 Å². The van der Waals surface area contributed by atoms with Crippen LogP contribution in [0.5, 0.6) is 0 Å². The number of nitrogens with two attached hydrogens (primary N) is 1. The number of methoxy groups -OCH3 is 1. The number of hydrogen-bond acceptors (Lipinski definition) is 5. The van der Waals surface area contributed by atoms with Crippen LogP contribution in [-0.2, 0) is 19.0 Å².